The molecule has 1 aliphatic rings. The van der Waals surface area contributed by atoms with Crippen LogP contribution in [0.1, 0.15) is 28.4 Å². The Labute approximate surface area is 198 Å². The highest BCUT2D eigenvalue weighted by molar-refractivity contribution is 6.02. The first-order valence-electron chi connectivity index (χ1n) is 10.6. The lowest BCUT2D eigenvalue weighted by Gasteiger charge is -2.19. The zero-order valence-corrected chi connectivity index (χ0v) is 18.4. The lowest BCUT2D eigenvalue weighted by Crippen LogP contribution is -2.38. The molecule has 3 aromatic rings. The van der Waals surface area contributed by atoms with Crippen LogP contribution < -0.4 is 10.6 Å². The Hall–Kier alpha value is -4.34. The quantitative estimate of drug-likeness (QED) is 0.450. The zero-order valence-electron chi connectivity index (χ0n) is 18.4. The average molecular weight is 483 g/mol. The van der Waals surface area contributed by atoms with Crippen LogP contribution in [0, 0.1) is 0 Å². The molecule has 0 aromatic heterocycles. The normalized spacial score (nSPS) is 13.8. The number of fused-ring (bicyclic) bond motifs is 1. The van der Waals surface area contributed by atoms with Gasteiger partial charge < -0.3 is 20.6 Å². The van der Waals surface area contributed by atoms with Crippen LogP contribution in [0.2, 0.25) is 0 Å². The molecule has 3 aromatic carbocycles. The van der Waals surface area contributed by atoms with Crippen LogP contribution in [0.4, 0.5) is 29.3 Å². The summed E-state index contributed by atoms with van der Waals surface area (Å²) in [4.78, 5) is 37.4. The van der Waals surface area contributed by atoms with Crippen LogP contribution in [0.25, 0.3) is 11.1 Å². The van der Waals surface area contributed by atoms with E-state index >= 15 is 0 Å². The van der Waals surface area contributed by atoms with Crippen molar-refractivity contribution in [1.29, 1.82) is 0 Å². The summed E-state index contributed by atoms with van der Waals surface area (Å²) in [5.41, 5.74) is 2.23. The van der Waals surface area contributed by atoms with Gasteiger partial charge in [0.1, 0.15) is 6.04 Å². The van der Waals surface area contributed by atoms with Gasteiger partial charge in [0.05, 0.1) is 5.56 Å². The number of aliphatic carboxylic acids is 1. The van der Waals surface area contributed by atoms with Crippen molar-refractivity contribution in [3.8, 4) is 11.1 Å². The second kappa shape index (κ2) is 9.13. The maximum absolute atomic E-state index is 12.8. The highest BCUT2D eigenvalue weighted by Crippen LogP contribution is 2.32. The smallest absolute Gasteiger partial charge is 0.416 e. The Morgan fingerprint density at radius 2 is 1.60 bits per heavy atom. The maximum Gasteiger partial charge on any atom is 0.416 e. The Kier molecular flexibility index (Phi) is 6.21. The number of anilines is 2. The summed E-state index contributed by atoms with van der Waals surface area (Å²) < 4.78 is 38.5. The molecule has 1 heterocycles. The van der Waals surface area contributed by atoms with Gasteiger partial charge in [0.15, 0.2) is 0 Å². The minimum atomic E-state index is -4.51. The number of carboxylic acids is 1. The van der Waals surface area contributed by atoms with Crippen molar-refractivity contribution in [2.75, 3.05) is 10.6 Å². The van der Waals surface area contributed by atoms with E-state index < -0.39 is 29.8 Å². The lowest BCUT2D eigenvalue weighted by atomic mass is 10.0. The van der Waals surface area contributed by atoms with Crippen molar-refractivity contribution in [2.45, 2.75) is 25.7 Å². The summed E-state index contributed by atoms with van der Waals surface area (Å²) in [7, 11) is 0. The number of nitrogens with one attached hydrogen (secondary N) is 2. The number of benzene rings is 3. The summed E-state index contributed by atoms with van der Waals surface area (Å²) in [6.07, 6.45) is -4.51. The van der Waals surface area contributed by atoms with Crippen molar-refractivity contribution in [3.05, 3.63) is 83.4 Å². The first-order chi connectivity index (χ1) is 16.5. The van der Waals surface area contributed by atoms with Crippen LogP contribution in [0.5, 0.6) is 0 Å². The predicted molar refractivity (Wildman–Crippen MR) is 123 cm³/mol. The van der Waals surface area contributed by atoms with Crippen molar-refractivity contribution >= 4 is 29.3 Å². The molecule has 3 N–H and O–H groups in total. The second-order valence-corrected chi connectivity index (χ2v) is 8.05. The molecule has 3 amide bonds. The number of nitrogens with zero attached hydrogens (tertiary/aromatic N) is 1. The molecule has 1 atom stereocenters. The van der Waals surface area contributed by atoms with E-state index in [-0.39, 0.29) is 18.1 Å². The molecular formula is C25H20F3N3O4. The van der Waals surface area contributed by atoms with Gasteiger partial charge in [0.25, 0.3) is 5.91 Å². The molecule has 0 aliphatic carbocycles. The standard InChI is InChI=1S/C25H20F3N3O4/c1-14(23(33)34)31-13-17-6-5-16(11-21(17)22(31)32)15-7-9-19(10-8-15)29-24(35)30-20-4-2-3-18(12-20)25(26,27)28/h2-12,14H,13H2,1H3,(H,33,34)(H2,29,30,35)/t14-/m0/s1. The molecular weight excluding hydrogens is 463 g/mol. The third-order valence-corrected chi connectivity index (χ3v) is 5.69. The molecule has 10 heteroatoms. The van der Waals surface area contributed by atoms with Crippen molar-refractivity contribution in [2.24, 2.45) is 0 Å². The van der Waals surface area contributed by atoms with Gasteiger partial charge in [0, 0.05) is 23.5 Å². The van der Waals surface area contributed by atoms with Crippen molar-refractivity contribution < 1.29 is 32.7 Å². The largest absolute Gasteiger partial charge is 0.480 e. The Morgan fingerprint density at radius 3 is 2.26 bits per heavy atom. The summed E-state index contributed by atoms with van der Waals surface area (Å²) >= 11 is 0. The maximum atomic E-state index is 12.8. The second-order valence-electron chi connectivity index (χ2n) is 8.05. The van der Waals surface area contributed by atoms with E-state index in [0.29, 0.717) is 11.3 Å². The van der Waals surface area contributed by atoms with Crippen LogP contribution in [-0.2, 0) is 17.5 Å². The van der Waals surface area contributed by atoms with E-state index in [2.05, 4.69) is 10.6 Å². The number of carbonyl (C=O) groups is 3. The molecule has 0 spiro atoms. The summed E-state index contributed by atoms with van der Waals surface area (Å²) in [5.74, 6) is -1.42. The van der Waals surface area contributed by atoms with Gasteiger partial charge in [-0.05, 0) is 60.0 Å². The van der Waals surface area contributed by atoms with Crippen LogP contribution >= 0.6 is 0 Å². The van der Waals surface area contributed by atoms with E-state index in [9.17, 15) is 32.7 Å². The van der Waals surface area contributed by atoms with Gasteiger partial charge in [-0.3, -0.25) is 4.79 Å². The summed E-state index contributed by atoms with van der Waals surface area (Å²) in [5, 5.41) is 14.1. The number of urea groups is 1. The molecule has 4 rings (SSSR count). The molecule has 35 heavy (non-hydrogen) atoms. The van der Waals surface area contributed by atoms with Gasteiger partial charge in [-0.15, -0.1) is 0 Å². The van der Waals surface area contributed by atoms with Crippen LogP contribution in [-0.4, -0.2) is 34.0 Å². The SMILES string of the molecule is C[C@@H](C(=O)O)N1Cc2ccc(-c3ccc(NC(=O)Nc4cccc(C(F)(F)F)c4)cc3)cc2C1=O. The third-order valence-electron chi connectivity index (χ3n) is 5.69. The molecule has 7 nitrogen and oxygen atoms in total. The number of rotatable bonds is 5. The monoisotopic (exact) mass is 483 g/mol. The fourth-order valence-electron chi connectivity index (χ4n) is 3.76. The van der Waals surface area contributed by atoms with E-state index in [1.165, 1.54) is 24.0 Å². The molecule has 0 unspecified atom stereocenters. The first-order valence-corrected chi connectivity index (χ1v) is 10.6. The summed E-state index contributed by atoms with van der Waals surface area (Å²) in [6, 6.07) is 14.7. The third kappa shape index (κ3) is 5.11. The number of hydrogen-bond acceptors (Lipinski definition) is 3. The number of halogens is 3. The average Bonchev–Trinajstić information content (AvgIpc) is 3.14. The van der Waals surface area contributed by atoms with Gasteiger partial charge in [-0.25, -0.2) is 9.59 Å². The van der Waals surface area contributed by atoms with Crippen molar-refractivity contribution in [3.63, 3.8) is 0 Å². The van der Waals surface area contributed by atoms with Gasteiger partial charge in [-0.2, -0.15) is 13.2 Å². The number of alkyl halides is 3. The zero-order chi connectivity index (χ0) is 25.3. The number of amides is 3. The fourth-order valence-corrected chi connectivity index (χ4v) is 3.76. The first kappa shape index (κ1) is 23.8. The van der Waals surface area contributed by atoms with Gasteiger partial charge in [0.2, 0.25) is 0 Å². The Balaban J connectivity index is 1.44. The van der Waals surface area contributed by atoms with Crippen LogP contribution in [0.3, 0.4) is 0 Å². The fraction of sp³-hybridized carbons (Fsp3) is 0.160. The minimum absolute atomic E-state index is 0.00279. The van der Waals surface area contributed by atoms with Crippen molar-refractivity contribution in [1.82, 2.24) is 4.90 Å². The number of carbonyl (C=O) groups excluding carboxylic acids is 2. The molecule has 0 fully saturated rings. The Morgan fingerprint density at radius 1 is 0.943 bits per heavy atom. The van der Waals surface area contributed by atoms with Gasteiger partial charge >= 0.3 is 18.2 Å². The lowest BCUT2D eigenvalue weighted by molar-refractivity contribution is -0.141. The molecule has 0 bridgehead atoms. The van der Waals surface area contributed by atoms with E-state index in [1.54, 1.807) is 36.4 Å². The molecule has 0 saturated heterocycles. The topological polar surface area (TPSA) is 98.7 Å². The molecule has 1 aliphatic heterocycles. The van der Waals surface area contributed by atoms with E-state index in [1.807, 2.05) is 6.07 Å². The minimum Gasteiger partial charge on any atom is -0.480 e. The number of hydrogen-bond donors (Lipinski definition) is 3. The highest BCUT2D eigenvalue weighted by atomic mass is 19.4. The molecule has 0 saturated carbocycles. The van der Waals surface area contributed by atoms with E-state index in [0.717, 1.165) is 28.8 Å². The highest BCUT2D eigenvalue weighted by Gasteiger charge is 2.34. The molecule has 180 valence electrons. The van der Waals surface area contributed by atoms with E-state index in [4.69, 9.17) is 0 Å². The number of carboxylic acid groups (broad SMARTS) is 1. The van der Waals surface area contributed by atoms with Crippen LogP contribution in [0.15, 0.2) is 66.7 Å². The van der Waals surface area contributed by atoms with Gasteiger partial charge in [-0.1, -0.05) is 30.3 Å². The Bertz CT molecular complexity index is 1310. The predicted octanol–water partition coefficient (Wildman–Crippen LogP) is 5.45. The molecule has 0 radical (unpaired) electrons. The summed E-state index contributed by atoms with van der Waals surface area (Å²) in [6.45, 7) is 1.69.